The maximum atomic E-state index is 2.60. The summed E-state index contributed by atoms with van der Waals surface area (Å²) in [4.78, 5) is 2.60. The van der Waals surface area contributed by atoms with Gasteiger partial charge < -0.3 is 0 Å². The average Bonchev–Trinajstić information content (AvgIpc) is 2.16. The summed E-state index contributed by atoms with van der Waals surface area (Å²) in [7, 11) is 0. The summed E-state index contributed by atoms with van der Waals surface area (Å²) in [6.45, 7) is 16.4. The highest BCUT2D eigenvalue weighted by atomic mass is 15.1. The van der Waals surface area contributed by atoms with Crippen LogP contribution in [0.3, 0.4) is 0 Å². The van der Waals surface area contributed by atoms with Crippen molar-refractivity contribution in [2.45, 2.75) is 54.0 Å². The van der Waals surface area contributed by atoms with Crippen LogP contribution in [0.4, 0.5) is 0 Å². The Balaban J connectivity index is 2.86. The summed E-state index contributed by atoms with van der Waals surface area (Å²) in [5, 5.41) is 0. The van der Waals surface area contributed by atoms with E-state index in [-0.39, 0.29) is 0 Å². The first-order valence-electron chi connectivity index (χ1n) is 6.39. The van der Waals surface area contributed by atoms with Crippen molar-refractivity contribution in [3.8, 4) is 0 Å². The molecular formula is C14H27N. The van der Waals surface area contributed by atoms with Gasteiger partial charge in [-0.25, -0.2) is 0 Å². The topological polar surface area (TPSA) is 3.24 Å². The minimum atomic E-state index is 0.687. The third kappa shape index (κ3) is 3.07. The van der Waals surface area contributed by atoms with Gasteiger partial charge in [-0.15, -0.1) is 0 Å². The first kappa shape index (κ1) is 12.8. The molecule has 0 aromatic rings. The average molecular weight is 209 g/mol. The van der Waals surface area contributed by atoms with Crippen molar-refractivity contribution in [2.24, 2.45) is 11.8 Å². The smallest absolute Gasteiger partial charge is 0.0201 e. The predicted molar refractivity (Wildman–Crippen MR) is 68.0 cm³/mol. The van der Waals surface area contributed by atoms with Crippen LogP contribution in [-0.4, -0.2) is 24.0 Å². The Bertz CT molecular complexity index is 236. The number of nitrogens with zero attached hydrogens (tertiary/aromatic N) is 1. The summed E-state index contributed by atoms with van der Waals surface area (Å²) in [6, 6.07) is 0.687. The van der Waals surface area contributed by atoms with E-state index in [1.807, 2.05) is 0 Å². The van der Waals surface area contributed by atoms with Crippen molar-refractivity contribution in [2.75, 3.05) is 13.1 Å². The third-order valence-electron chi connectivity index (χ3n) is 3.58. The maximum Gasteiger partial charge on any atom is 0.0201 e. The molecule has 0 atom stereocenters. The van der Waals surface area contributed by atoms with Gasteiger partial charge in [0.25, 0.3) is 0 Å². The van der Waals surface area contributed by atoms with Gasteiger partial charge in [-0.2, -0.15) is 0 Å². The molecule has 1 nitrogen and oxygen atoms in total. The van der Waals surface area contributed by atoms with Crippen LogP contribution in [0.25, 0.3) is 0 Å². The van der Waals surface area contributed by atoms with Gasteiger partial charge in [0.2, 0.25) is 0 Å². The molecule has 0 N–H and O–H groups in total. The number of hydrogen-bond donors (Lipinski definition) is 0. The minimum Gasteiger partial charge on any atom is -0.297 e. The van der Waals surface area contributed by atoms with Crippen molar-refractivity contribution in [3.63, 3.8) is 0 Å². The summed E-state index contributed by atoms with van der Waals surface area (Å²) in [5.74, 6) is 1.45. The lowest BCUT2D eigenvalue weighted by Gasteiger charge is -2.36. The Morgan fingerprint density at radius 1 is 0.867 bits per heavy atom. The quantitative estimate of drug-likeness (QED) is 0.640. The second kappa shape index (κ2) is 5.16. The number of rotatable bonds is 3. The maximum absolute atomic E-state index is 2.60. The standard InChI is InChI=1S/C14H27N/c1-10(2)13-7-8-15(12(5)6)9-14(13)11(3)4/h10-12H,7-9H2,1-6H3. The van der Waals surface area contributed by atoms with Crippen molar-refractivity contribution in [1.29, 1.82) is 0 Å². The van der Waals surface area contributed by atoms with Crippen LogP contribution in [0.5, 0.6) is 0 Å². The molecule has 0 saturated carbocycles. The molecule has 1 heterocycles. The SMILES string of the molecule is CC(C)C1=C(C(C)C)CN(C(C)C)CC1. The first-order chi connectivity index (χ1) is 6.93. The van der Waals surface area contributed by atoms with Gasteiger partial charge in [-0.3, -0.25) is 4.90 Å². The highest BCUT2D eigenvalue weighted by molar-refractivity contribution is 5.22. The Hall–Kier alpha value is -0.300. The molecule has 0 radical (unpaired) electrons. The molecule has 0 saturated heterocycles. The molecule has 1 aliphatic rings. The van der Waals surface area contributed by atoms with Gasteiger partial charge in [0, 0.05) is 19.1 Å². The number of hydrogen-bond acceptors (Lipinski definition) is 1. The molecule has 15 heavy (non-hydrogen) atoms. The Morgan fingerprint density at radius 3 is 1.80 bits per heavy atom. The Kier molecular flexibility index (Phi) is 4.39. The zero-order valence-corrected chi connectivity index (χ0v) is 11.3. The molecule has 0 aromatic heterocycles. The fraction of sp³-hybridized carbons (Fsp3) is 0.857. The third-order valence-corrected chi connectivity index (χ3v) is 3.58. The molecule has 88 valence electrons. The van der Waals surface area contributed by atoms with Crippen LogP contribution in [0.1, 0.15) is 48.0 Å². The highest BCUT2D eigenvalue weighted by Gasteiger charge is 2.23. The molecule has 0 aliphatic carbocycles. The molecule has 0 aromatic carbocycles. The molecule has 0 bridgehead atoms. The van der Waals surface area contributed by atoms with E-state index in [2.05, 4.69) is 46.4 Å². The monoisotopic (exact) mass is 209 g/mol. The van der Waals surface area contributed by atoms with Crippen LogP contribution in [-0.2, 0) is 0 Å². The lowest BCUT2D eigenvalue weighted by atomic mass is 9.85. The van der Waals surface area contributed by atoms with E-state index in [0.29, 0.717) is 12.0 Å². The van der Waals surface area contributed by atoms with Crippen molar-refractivity contribution in [3.05, 3.63) is 11.1 Å². The second-order valence-corrected chi connectivity index (χ2v) is 5.67. The molecule has 1 rings (SSSR count). The normalized spacial score (nSPS) is 19.8. The lowest BCUT2D eigenvalue weighted by molar-refractivity contribution is 0.220. The highest BCUT2D eigenvalue weighted by Crippen LogP contribution is 2.29. The second-order valence-electron chi connectivity index (χ2n) is 5.67. The predicted octanol–water partition coefficient (Wildman–Crippen LogP) is 3.71. The van der Waals surface area contributed by atoms with E-state index >= 15 is 0 Å². The Morgan fingerprint density at radius 2 is 1.40 bits per heavy atom. The van der Waals surface area contributed by atoms with Crippen molar-refractivity contribution < 1.29 is 0 Å². The van der Waals surface area contributed by atoms with Crippen molar-refractivity contribution in [1.82, 2.24) is 4.90 Å². The molecular weight excluding hydrogens is 182 g/mol. The van der Waals surface area contributed by atoms with Gasteiger partial charge in [0.15, 0.2) is 0 Å². The fourth-order valence-electron chi connectivity index (χ4n) is 2.48. The van der Waals surface area contributed by atoms with Gasteiger partial charge in [-0.05, 0) is 32.1 Å². The fourth-order valence-corrected chi connectivity index (χ4v) is 2.48. The summed E-state index contributed by atoms with van der Waals surface area (Å²) < 4.78 is 0. The van der Waals surface area contributed by atoms with E-state index < -0.39 is 0 Å². The molecule has 1 heteroatoms. The first-order valence-corrected chi connectivity index (χ1v) is 6.39. The van der Waals surface area contributed by atoms with Crippen LogP contribution in [0.15, 0.2) is 11.1 Å². The van der Waals surface area contributed by atoms with E-state index in [9.17, 15) is 0 Å². The van der Waals surface area contributed by atoms with Crippen LogP contribution in [0.2, 0.25) is 0 Å². The Labute approximate surface area is 95.5 Å². The minimum absolute atomic E-state index is 0.687. The van der Waals surface area contributed by atoms with E-state index in [1.54, 1.807) is 11.1 Å². The van der Waals surface area contributed by atoms with Crippen LogP contribution < -0.4 is 0 Å². The van der Waals surface area contributed by atoms with Gasteiger partial charge >= 0.3 is 0 Å². The largest absolute Gasteiger partial charge is 0.297 e. The summed E-state index contributed by atoms with van der Waals surface area (Å²) in [5.41, 5.74) is 3.42. The lowest BCUT2D eigenvalue weighted by Crippen LogP contribution is -2.38. The van der Waals surface area contributed by atoms with Crippen LogP contribution >= 0.6 is 0 Å². The zero-order chi connectivity index (χ0) is 11.6. The van der Waals surface area contributed by atoms with Gasteiger partial charge in [0.1, 0.15) is 0 Å². The van der Waals surface area contributed by atoms with E-state index in [0.717, 1.165) is 5.92 Å². The molecule has 0 fully saturated rings. The van der Waals surface area contributed by atoms with Gasteiger partial charge in [0.05, 0.1) is 0 Å². The van der Waals surface area contributed by atoms with Gasteiger partial charge in [-0.1, -0.05) is 38.8 Å². The zero-order valence-electron chi connectivity index (χ0n) is 11.3. The molecule has 0 unspecified atom stereocenters. The molecule has 0 amide bonds. The summed E-state index contributed by atoms with van der Waals surface area (Å²) >= 11 is 0. The molecule has 1 aliphatic heterocycles. The van der Waals surface area contributed by atoms with Crippen LogP contribution in [0, 0.1) is 11.8 Å². The van der Waals surface area contributed by atoms with E-state index in [1.165, 1.54) is 19.5 Å². The van der Waals surface area contributed by atoms with Crippen molar-refractivity contribution >= 4 is 0 Å². The molecule has 0 spiro atoms. The van der Waals surface area contributed by atoms with E-state index in [4.69, 9.17) is 0 Å². The summed E-state index contributed by atoms with van der Waals surface area (Å²) in [6.07, 6.45) is 1.28.